The van der Waals surface area contributed by atoms with Crippen LogP contribution >= 0.6 is 0 Å². The molecule has 158 valence electrons. The number of fused-ring (bicyclic) bond motifs is 2. The lowest BCUT2D eigenvalue weighted by atomic mass is 10.0. The van der Waals surface area contributed by atoms with Gasteiger partial charge in [0.2, 0.25) is 5.88 Å². The molecule has 2 aliphatic rings. The van der Waals surface area contributed by atoms with Crippen molar-refractivity contribution >= 4 is 22.8 Å². The van der Waals surface area contributed by atoms with E-state index >= 15 is 0 Å². The van der Waals surface area contributed by atoms with Gasteiger partial charge in [-0.05, 0) is 24.7 Å². The maximum atomic E-state index is 12.7. The largest absolute Gasteiger partial charge is 0.480 e. The maximum Gasteiger partial charge on any atom is 0.258 e. The van der Waals surface area contributed by atoms with Gasteiger partial charge >= 0.3 is 0 Å². The summed E-state index contributed by atoms with van der Waals surface area (Å²) in [5.41, 5.74) is 0.892. The van der Waals surface area contributed by atoms with Crippen LogP contribution in [0.15, 0.2) is 24.8 Å². The number of hydrogen-bond acceptors (Lipinski definition) is 8. The lowest BCUT2D eigenvalue weighted by molar-refractivity contribution is 0.123. The van der Waals surface area contributed by atoms with Gasteiger partial charge in [-0.1, -0.05) is 0 Å². The van der Waals surface area contributed by atoms with Crippen molar-refractivity contribution in [3.63, 3.8) is 0 Å². The molecule has 0 bridgehead atoms. The first-order valence-corrected chi connectivity index (χ1v) is 9.93. The quantitative estimate of drug-likeness (QED) is 0.654. The minimum absolute atomic E-state index is 0.280. The number of halogens is 2. The van der Waals surface area contributed by atoms with Crippen molar-refractivity contribution in [2.75, 3.05) is 30.4 Å². The monoisotopic (exact) mass is 416 g/mol. The Balaban J connectivity index is 1.22. The minimum atomic E-state index is -2.49. The van der Waals surface area contributed by atoms with Crippen molar-refractivity contribution < 1.29 is 13.5 Å². The predicted molar refractivity (Wildman–Crippen MR) is 106 cm³/mol. The highest BCUT2D eigenvalue weighted by Gasteiger charge is 2.41. The summed E-state index contributed by atoms with van der Waals surface area (Å²) in [4.78, 5) is 19.7. The molecule has 5 rings (SSSR count). The van der Waals surface area contributed by atoms with Crippen LogP contribution in [0.5, 0.6) is 5.88 Å². The molecule has 0 spiro atoms. The third-order valence-corrected chi connectivity index (χ3v) is 5.91. The van der Waals surface area contributed by atoms with Gasteiger partial charge in [-0.3, -0.25) is 0 Å². The molecule has 1 aliphatic heterocycles. The minimum Gasteiger partial charge on any atom is -0.480 e. The average molecular weight is 416 g/mol. The fourth-order valence-electron chi connectivity index (χ4n) is 4.57. The molecule has 1 saturated heterocycles. The highest BCUT2D eigenvalue weighted by molar-refractivity contribution is 5.71. The number of methoxy groups -OCH3 is 1. The third kappa shape index (κ3) is 3.59. The number of nitrogens with zero attached hydrogens (tertiary/aromatic N) is 7. The van der Waals surface area contributed by atoms with Crippen molar-refractivity contribution in [1.29, 1.82) is 0 Å². The van der Waals surface area contributed by atoms with E-state index in [-0.39, 0.29) is 6.04 Å². The van der Waals surface area contributed by atoms with Crippen LogP contribution in [0.2, 0.25) is 0 Å². The summed E-state index contributed by atoms with van der Waals surface area (Å²) < 4.78 is 31.7. The number of rotatable bonds is 6. The van der Waals surface area contributed by atoms with Crippen molar-refractivity contribution in [2.45, 2.75) is 31.9 Å². The molecule has 11 heteroatoms. The summed E-state index contributed by atoms with van der Waals surface area (Å²) in [5, 5.41) is 7.40. The Morgan fingerprint density at radius 1 is 1.10 bits per heavy atom. The molecule has 3 aromatic heterocycles. The molecule has 3 aromatic rings. The molecule has 0 aromatic carbocycles. The van der Waals surface area contributed by atoms with E-state index in [9.17, 15) is 8.78 Å². The van der Waals surface area contributed by atoms with Crippen molar-refractivity contribution in [1.82, 2.24) is 29.7 Å². The van der Waals surface area contributed by atoms with Crippen molar-refractivity contribution in [3.05, 3.63) is 24.8 Å². The Hall–Kier alpha value is -3.11. The number of aromatic nitrogens is 6. The number of anilines is 2. The second-order valence-electron chi connectivity index (χ2n) is 7.84. The van der Waals surface area contributed by atoms with Gasteiger partial charge < -0.3 is 15.0 Å². The Labute approximate surface area is 171 Å². The Morgan fingerprint density at radius 2 is 1.90 bits per heavy atom. The lowest BCUT2D eigenvalue weighted by Gasteiger charge is -2.20. The normalized spacial score (nSPS) is 23.3. The second kappa shape index (κ2) is 7.62. The van der Waals surface area contributed by atoms with Crippen LogP contribution in [0.25, 0.3) is 11.2 Å². The van der Waals surface area contributed by atoms with Crippen LogP contribution in [-0.2, 0) is 6.54 Å². The average Bonchev–Trinajstić information content (AvgIpc) is 3.41. The van der Waals surface area contributed by atoms with Gasteiger partial charge in [-0.25, -0.2) is 33.4 Å². The van der Waals surface area contributed by atoms with Gasteiger partial charge in [-0.2, -0.15) is 5.10 Å². The van der Waals surface area contributed by atoms with Gasteiger partial charge in [-0.15, -0.1) is 0 Å². The van der Waals surface area contributed by atoms with E-state index in [4.69, 9.17) is 4.74 Å². The number of ether oxygens (including phenoxy) is 1. The van der Waals surface area contributed by atoms with Gasteiger partial charge in [0.05, 0.1) is 31.9 Å². The highest BCUT2D eigenvalue weighted by atomic mass is 19.3. The Kier molecular flexibility index (Phi) is 4.80. The maximum absolute atomic E-state index is 12.7. The van der Waals surface area contributed by atoms with E-state index in [1.54, 1.807) is 25.7 Å². The molecule has 4 heterocycles. The van der Waals surface area contributed by atoms with Crippen LogP contribution in [0.1, 0.15) is 12.8 Å². The van der Waals surface area contributed by atoms with Crippen LogP contribution in [0, 0.1) is 11.8 Å². The van der Waals surface area contributed by atoms with E-state index in [0.717, 1.165) is 31.7 Å². The SMILES string of the molecule is COc1cnc(N2CC3CC(Nc4cnc5cnn(CC(F)F)c5n4)CC3C2)cn1. The molecule has 1 N–H and O–H groups in total. The summed E-state index contributed by atoms with van der Waals surface area (Å²) in [7, 11) is 1.58. The van der Waals surface area contributed by atoms with Gasteiger partial charge in [0.25, 0.3) is 6.43 Å². The van der Waals surface area contributed by atoms with Crippen molar-refractivity contribution in [2.24, 2.45) is 11.8 Å². The summed E-state index contributed by atoms with van der Waals surface area (Å²) in [6.07, 6.45) is 6.04. The van der Waals surface area contributed by atoms with Crippen molar-refractivity contribution in [3.8, 4) is 5.88 Å². The number of alkyl halides is 2. The predicted octanol–water partition coefficient (Wildman–Crippen LogP) is 2.22. The lowest BCUT2D eigenvalue weighted by Crippen LogP contribution is -2.26. The van der Waals surface area contributed by atoms with E-state index in [2.05, 4.69) is 35.3 Å². The second-order valence-corrected chi connectivity index (χ2v) is 7.84. The Bertz CT molecular complexity index is 1010. The molecule has 0 amide bonds. The molecule has 1 aliphatic carbocycles. The molecule has 2 unspecified atom stereocenters. The topological polar surface area (TPSA) is 93.9 Å². The summed E-state index contributed by atoms with van der Waals surface area (Å²) >= 11 is 0. The van der Waals surface area contributed by atoms with Gasteiger partial charge in [0.1, 0.15) is 23.7 Å². The molecule has 0 radical (unpaired) electrons. The fraction of sp³-hybridized carbons (Fsp3) is 0.526. The van der Waals surface area contributed by atoms with Crippen LogP contribution < -0.4 is 15.0 Å². The fourth-order valence-corrected chi connectivity index (χ4v) is 4.57. The van der Waals surface area contributed by atoms with Crippen LogP contribution in [0.4, 0.5) is 20.4 Å². The summed E-state index contributed by atoms with van der Waals surface area (Å²) in [6, 6.07) is 0.280. The first-order valence-electron chi connectivity index (χ1n) is 9.93. The zero-order valence-corrected chi connectivity index (χ0v) is 16.4. The molecular weight excluding hydrogens is 394 g/mol. The molecule has 2 atom stereocenters. The zero-order valence-electron chi connectivity index (χ0n) is 16.4. The molecule has 2 fully saturated rings. The molecule has 30 heavy (non-hydrogen) atoms. The standard InChI is InChI=1S/C19H22F2N8O/c1-30-18-7-23-17(6-24-18)28-8-11-2-13(3-12(11)9-28)26-16-5-22-14-4-25-29(10-15(20)21)19(14)27-16/h4-7,11-13,15H,2-3,8-10H2,1H3,(H,26,27). The van der Waals surface area contributed by atoms with Crippen LogP contribution in [-0.4, -0.2) is 62.4 Å². The summed E-state index contributed by atoms with van der Waals surface area (Å²) in [6.45, 7) is 1.39. The smallest absolute Gasteiger partial charge is 0.258 e. The zero-order chi connectivity index (χ0) is 20.7. The van der Waals surface area contributed by atoms with Gasteiger partial charge in [0.15, 0.2) is 5.65 Å². The molecular formula is C19H22F2N8O. The first kappa shape index (κ1) is 18.9. The highest BCUT2D eigenvalue weighted by Crippen LogP contribution is 2.40. The van der Waals surface area contributed by atoms with Crippen LogP contribution in [0.3, 0.4) is 0 Å². The van der Waals surface area contributed by atoms with E-state index in [1.807, 2.05) is 0 Å². The third-order valence-electron chi connectivity index (χ3n) is 5.91. The van der Waals surface area contributed by atoms with E-state index in [0.29, 0.717) is 34.7 Å². The first-order chi connectivity index (χ1) is 14.6. The Morgan fingerprint density at radius 3 is 2.57 bits per heavy atom. The number of nitrogens with one attached hydrogen (secondary N) is 1. The van der Waals surface area contributed by atoms with E-state index in [1.165, 1.54) is 10.9 Å². The molecule has 1 saturated carbocycles. The van der Waals surface area contributed by atoms with Gasteiger partial charge in [0, 0.05) is 19.1 Å². The van der Waals surface area contributed by atoms with E-state index < -0.39 is 13.0 Å². The molecule has 9 nitrogen and oxygen atoms in total. The number of hydrogen-bond donors (Lipinski definition) is 1. The summed E-state index contributed by atoms with van der Waals surface area (Å²) in [5.74, 6) is 3.11.